The number of aromatic amines is 1. The lowest BCUT2D eigenvalue weighted by molar-refractivity contribution is -0.117. The highest BCUT2D eigenvalue weighted by Gasteiger charge is 2.15. The zero-order valence-corrected chi connectivity index (χ0v) is 14.4. The summed E-state index contributed by atoms with van der Waals surface area (Å²) >= 11 is 5.82. The Hall–Kier alpha value is -2.86. The number of phenols is 1. The van der Waals surface area contributed by atoms with E-state index in [4.69, 9.17) is 11.6 Å². The van der Waals surface area contributed by atoms with Crippen LogP contribution in [0.1, 0.15) is 16.7 Å². The number of nitrogens with zero attached hydrogens (tertiary/aromatic N) is 2. The summed E-state index contributed by atoms with van der Waals surface area (Å²) in [5.41, 5.74) is 3.51. The average Bonchev–Trinajstić information content (AvgIpc) is 2.90. The van der Waals surface area contributed by atoms with E-state index in [2.05, 4.69) is 15.2 Å². The summed E-state index contributed by atoms with van der Waals surface area (Å²) in [5.74, 6) is -0.661. The molecule has 7 heteroatoms. The molecule has 6 nitrogen and oxygen atoms in total. The first-order valence-electron chi connectivity index (χ1n) is 7.59. The Balaban J connectivity index is 1.88. The normalized spacial score (nSPS) is 11.5. The number of carbonyl (C=O) groups excluding carboxylic acids is 1. The molecule has 3 rings (SSSR count). The van der Waals surface area contributed by atoms with E-state index in [0.717, 1.165) is 22.0 Å². The molecule has 0 aliphatic carbocycles. The number of azo groups is 1. The van der Waals surface area contributed by atoms with Crippen LogP contribution in [0, 0.1) is 13.8 Å². The van der Waals surface area contributed by atoms with Gasteiger partial charge < -0.3 is 15.2 Å². The molecule has 0 bridgehead atoms. The summed E-state index contributed by atoms with van der Waals surface area (Å²) in [6.45, 7) is 3.81. The van der Waals surface area contributed by atoms with Gasteiger partial charge in [0.1, 0.15) is 5.75 Å². The highest BCUT2D eigenvalue weighted by molar-refractivity contribution is 6.32. The molecule has 25 heavy (non-hydrogen) atoms. The predicted octanol–water partition coefficient (Wildman–Crippen LogP) is 4.70. The van der Waals surface area contributed by atoms with Crippen LogP contribution in [0.3, 0.4) is 0 Å². The van der Waals surface area contributed by atoms with Crippen molar-refractivity contribution in [2.45, 2.75) is 20.3 Å². The zero-order valence-electron chi connectivity index (χ0n) is 13.7. The molecule has 1 aromatic heterocycles. The van der Waals surface area contributed by atoms with Crippen molar-refractivity contribution in [1.29, 1.82) is 0 Å². The molecular weight excluding hydrogens is 342 g/mol. The molecule has 1 heterocycles. The van der Waals surface area contributed by atoms with E-state index in [-0.39, 0.29) is 28.8 Å². The maximum atomic E-state index is 12.0. The van der Waals surface area contributed by atoms with Gasteiger partial charge in [-0.15, -0.1) is 10.2 Å². The lowest BCUT2D eigenvalue weighted by atomic mass is 10.1. The van der Waals surface area contributed by atoms with E-state index in [1.807, 2.05) is 26.0 Å². The highest BCUT2D eigenvalue weighted by atomic mass is 35.5. The largest absolute Gasteiger partial charge is 0.506 e. The number of aromatic hydroxyl groups is 2. The molecule has 0 spiro atoms. The molecule has 0 unspecified atom stereocenters. The number of aryl methyl sites for hydroxylation is 2. The van der Waals surface area contributed by atoms with Gasteiger partial charge in [0.15, 0.2) is 5.69 Å². The molecule has 0 aliphatic rings. The van der Waals surface area contributed by atoms with Crippen LogP contribution in [0.25, 0.3) is 10.9 Å². The molecule has 2 aromatic carbocycles. The Bertz CT molecular complexity index is 1010. The minimum Gasteiger partial charge on any atom is -0.506 e. The Labute approximate surface area is 148 Å². The van der Waals surface area contributed by atoms with Crippen LogP contribution in [0.15, 0.2) is 40.6 Å². The summed E-state index contributed by atoms with van der Waals surface area (Å²) < 4.78 is 0. The number of phenolic OH excluding ortho intramolecular Hbond substituents is 1. The molecule has 1 amide bonds. The lowest BCUT2D eigenvalue weighted by Gasteiger charge is -2.01. The smallest absolute Gasteiger partial charge is 0.269 e. The van der Waals surface area contributed by atoms with E-state index in [0.29, 0.717) is 5.56 Å². The number of rotatable bonds is 3. The SMILES string of the molecule is Cc1ccc(C)c2c(N=NC(=O)Cc3ccc(O)c(Cl)c3)c(O)[nH]c12. The predicted molar refractivity (Wildman–Crippen MR) is 95.8 cm³/mol. The fraction of sp³-hybridized carbons (Fsp3) is 0.167. The number of nitrogens with one attached hydrogen (secondary N) is 1. The summed E-state index contributed by atoms with van der Waals surface area (Å²) in [5, 5.41) is 28.0. The molecule has 128 valence electrons. The molecule has 0 saturated carbocycles. The van der Waals surface area contributed by atoms with Crippen molar-refractivity contribution in [2.75, 3.05) is 0 Å². The highest BCUT2D eigenvalue weighted by Crippen LogP contribution is 2.38. The van der Waals surface area contributed by atoms with Gasteiger partial charge in [-0.05, 0) is 42.7 Å². The first kappa shape index (κ1) is 17.0. The van der Waals surface area contributed by atoms with Crippen molar-refractivity contribution in [1.82, 2.24) is 4.98 Å². The molecule has 0 aliphatic heterocycles. The summed E-state index contributed by atoms with van der Waals surface area (Å²) in [7, 11) is 0. The standard InChI is InChI=1S/C18H16ClN3O3/c1-9-3-4-10(2)16-15(9)17(18(25)20-16)22-21-14(24)8-11-5-6-13(23)12(19)7-11/h3-7,20,23,25H,8H2,1-2H3. The van der Waals surface area contributed by atoms with Gasteiger partial charge in [0, 0.05) is 5.39 Å². The third-order valence-corrected chi connectivity index (χ3v) is 4.26. The molecule has 3 aromatic rings. The number of hydrogen-bond acceptors (Lipinski definition) is 4. The van der Waals surface area contributed by atoms with E-state index >= 15 is 0 Å². The van der Waals surface area contributed by atoms with Gasteiger partial charge in [-0.2, -0.15) is 0 Å². The Kier molecular flexibility index (Phi) is 4.46. The summed E-state index contributed by atoms with van der Waals surface area (Å²) in [6.07, 6.45) is -0.00930. The zero-order chi connectivity index (χ0) is 18.1. The van der Waals surface area contributed by atoms with E-state index in [9.17, 15) is 15.0 Å². The molecule has 3 N–H and O–H groups in total. The Morgan fingerprint density at radius 2 is 1.88 bits per heavy atom. The van der Waals surface area contributed by atoms with Crippen molar-refractivity contribution >= 4 is 34.1 Å². The molecule has 0 fully saturated rings. The van der Waals surface area contributed by atoms with E-state index in [1.54, 1.807) is 6.07 Å². The number of carbonyl (C=O) groups is 1. The second kappa shape index (κ2) is 6.57. The second-order valence-corrected chi connectivity index (χ2v) is 6.24. The molecule has 0 radical (unpaired) electrons. The van der Waals surface area contributed by atoms with Crippen LogP contribution in [0.2, 0.25) is 5.02 Å². The fourth-order valence-electron chi connectivity index (χ4n) is 2.65. The van der Waals surface area contributed by atoms with Gasteiger partial charge in [0.2, 0.25) is 5.88 Å². The number of aromatic nitrogens is 1. The Morgan fingerprint density at radius 3 is 2.60 bits per heavy atom. The molecule has 0 atom stereocenters. The first-order chi connectivity index (χ1) is 11.9. The van der Waals surface area contributed by atoms with Gasteiger partial charge in [0.05, 0.1) is 17.0 Å². The quantitative estimate of drug-likeness (QED) is 0.592. The minimum absolute atomic E-state index is 0.00930. The Morgan fingerprint density at radius 1 is 1.16 bits per heavy atom. The first-order valence-corrected chi connectivity index (χ1v) is 7.97. The van der Waals surface area contributed by atoms with Crippen LogP contribution in [0.5, 0.6) is 11.6 Å². The number of hydrogen-bond donors (Lipinski definition) is 3. The van der Waals surface area contributed by atoms with Gasteiger partial charge in [-0.25, -0.2) is 0 Å². The van der Waals surface area contributed by atoms with Crippen molar-refractivity contribution in [3.63, 3.8) is 0 Å². The van der Waals surface area contributed by atoms with Crippen LogP contribution >= 0.6 is 11.6 Å². The molecular formula is C18H16ClN3O3. The van der Waals surface area contributed by atoms with Crippen molar-refractivity contribution in [2.24, 2.45) is 10.2 Å². The van der Waals surface area contributed by atoms with Gasteiger partial charge in [-0.3, -0.25) is 4.79 Å². The van der Waals surface area contributed by atoms with Gasteiger partial charge in [0.25, 0.3) is 5.91 Å². The number of fused-ring (bicyclic) bond motifs is 1. The summed E-state index contributed by atoms with van der Waals surface area (Å²) in [6, 6.07) is 8.37. The fourth-order valence-corrected chi connectivity index (χ4v) is 2.85. The maximum Gasteiger partial charge on any atom is 0.269 e. The van der Waals surface area contributed by atoms with Crippen LogP contribution < -0.4 is 0 Å². The van der Waals surface area contributed by atoms with Crippen LogP contribution in [-0.2, 0) is 11.2 Å². The second-order valence-electron chi connectivity index (χ2n) is 5.83. The van der Waals surface area contributed by atoms with Crippen molar-refractivity contribution < 1.29 is 15.0 Å². The van der Waals surface area contributed by atoms with Gasteiger partial charge >= 0.3 is 0 Å². The molecule has 0 saturated heterocycles. The van der Waals surface area contributed by atoms with E-state index in [1.165, 1.54) is 12.1 Å². The topological polar surface area (TPSA) is 98.0 Å². The minimum atomic E-state index is -0.485. The monoisotopic (exact) mass is 357 g/mol. The lowest BCUT2D eigenvalue weighted by Crippen LogP contribution is -1.97. The number of H-pyrrole nitrogens is 1. The maximum absolute atomic E-state index is 12.0. The third-order valence-electron chi connectivity index (χ3n) is 3.96. The van der Waals surface area contributed by atoms with Crippen LogP contribution in [0.4, 0.5) is 5.69 Å². The van der Waals surface area contributed by atoms with E-state index < -0.39 is 5.91 Å². The number of benzene rings is 2. The average molecular weight is 358 g/mol. The summed E-state index contributed by atoms with van der Waals surface area (Å²) in [4.78, 5) is 14.9. The third kappa shape index (κ3) is 3.34. The number of amides is 1. The number of halogens is 1. The van der Waals surface area contributed by atoms with Gasteiger partial charge in [-0.1, -0.05) is 29.8 Å². The van der Waals surface area contributed by atoms with Crippen LogP contribution in [-0.4, -0.2) is 21.1 Å². The van der Waals surface area contributed by atoms with Crippen molar-refractivity contribution in [3.05, 3.63) is 52.0 Å². The van der Waals surface area contributed by atoms with Crippen molar-refractivity contribution in [3.8, 4) is 11.6 Å².